The molecule has 0 bridgehead atoms. The largest absolute Gasteiger partial charge is 0.390 e. The lowest BCUT2D eigenvalue weighted by Gasteiger charge is -2.23. The van der Waals surface area contributed by atoms with Crippen molar-refractivity contribution in [2.24, 2.45) is 5.92 Å². The van der Waals surface area contributed by atoms with Gasteiger partial charge in [-0.2, -0.15) is 0 Å². The number of hydrogen-bond acceptors (Lipinski definition) is 3. The zero-order valence-corrected chi connectivity index (χ0v) is 12.9. The number of Topliss-reactive ketones (excluding diaryl/α,β-unsaturated/α-hetero) is 1. The van der Waals surface area contributed by atoms with Gasteiger partial charge in [-0.25, -0.2) is 0 Å². The highest BCUT2D eigenvalue weighted by atomic mass is 32.1. The number of carbonyl (C=O) groups excluding carboxylic acids is 1. The van der Waals surface area contributed by atoms with Crippen molar-refractivity contribution in [1.82, 2.24) is 0 Å². The first kappa shape index (κ1) is 13.4. The molecule has 1 aromatic carbocycles. The number of hydrogen-bond donors (Lipinski definition) is 1. The summed E-state index contributed by atoms with van der Waals surface area (Å²) >= 11 is 1.59. The molecule has 3 rings (SSSR count). The summed E-state index contributed by atoms with van der Waals surface area (Å²) in [5.41, 5.74) is 10.5. The van der Waals surface area contributed by atoms with Crippen LogP contribution in [0.5, 0.6) is 0 Å². The Morgan fingerprint density at radius 1 is 1.35 bits per heavy atom. The number of nitrogen functional groups attached to an aromatic ring is 1. The Labute approximate surface area is 123 Å². The van der Waals surface area contributed by atoms with Crippen molar-refractivity contribution in [3.8, 4) is 11.1 Å². The SMILES string of the molecule is CC(C)C(=O)c1c(N)sc2c1-c1ccccc1C(C)C2. The number of nitrogens with two attached hydrogens (primary N) is 1. The average molecular weight is 285 g/mol. The van der Waals surface area contributed by atoms with Crippen LogP contribution in [0.2, 0.25) is 0 Å². The lowest BCUT2D eigenvalue weighted by Crippen LogP contribution is -2.13. The third-order valence-corrected chi connectivity index (χ3v) is 5.07. The molecule has 0 saturated heterocycles. The minimum Gasteiger partial charge on any atom is -0.390 e. The van der Waals surface area contributed by atoms with Crippen LogP contribution in [-0.2, 0) is 6.42 Å². The van der Waals surface area contributed by atoms with E-state index in [4.69, 9.17) is 5.73 Å². The standard InChI is InChI=1S/C17H19NOS/c1-9(2)16(19)15-14-12-7-5-4-6-11(12)10(3)8-13(14)20-17(15)18/h4-7,9-10H,8,18H2,1-3H3. The molecule has 2 N–H and O–H groups in total. The molecule has 1 aliphatic rings. The van der Waals surface area contributed by atoms with Gasteiger partial charge in [-0.15, -0.1) is 11.3 Å². The van der Waals surface area contributed by atoms with Crippen LogP contribution >= 0.6 is 11.3 Å². The fourth-order valence-electron chi connectivity index (χ4n) is 3.00. The summed E-state index contributed by atoms with van der Waals surface area (Å²) in [7, 11) is 0. The highest BCUT2D eigenvalue weighted by Crippen LogP contribution is 2.47. The molecule has 2 nitrogen and oxygen atoms in total. The smallest absolute Gasteiger partial charge is 0.168 e. The van der Waals surface area contributed by atoms with Crippen LogP contribution in [0.25, 0.3) is 11.1 Å². The fourth-order valence-corrected chi connectivity index (χ4v) is 4.22. The van der Waals surface area contributed by atoms with E-state index in [1.807, 2.05) is 19.9 Å². The molecule has 0 fully saturated rings. The first-order valence-corrected chi connectivity index (χ1v) is 7.87. The van der Waals surface area contributed by atoms with Crippen LogP contribution in [0.1, 0.15) is 47.5 Å². The lowest BCUT2D eigenvalue weighted by molar-refractivity contribution is 0.0941. The van der Waals surface area contributed by atoms with E-state index < -0.39 is 0 Å². The Morgan fingerprint density at radius 2 is 2.05 bits per heavy atom. The van der Waals surface area contributed by atoms with E-state index in [0.717, 1.165) is 17.5 Å². The number of carbonyl (C=O) groups is 1. The Kier molecular flexibility index (Phi) is 3.17. The van der Waals surface area contributed by atoms with Gasteiger partial charge in [0.25, 0.3) is 0 Å². The molecule has 0 spiro atoms. The second kappa shape index (κ2) is 4.74. The van der Waals surface area contributed by atoms with Crippen molar-refractivity contribution in [1.29, 1.82) is 0 Å². The first-order chi connectivity index (χ1) is 9.50. The van der Waals surface area contributed by atoms with E-state index in [0.29, 0.717) is 10.9 Å². The van der Waals surface area contributed by atoms with Gasteiger partial charge in [0.05, 0.1) is 10.6 Å². The summed E-state index contributed by atoms with van der Waals surface area (Å²) < 4.78 is 0. The maximum absolute atomic E-state index is 12.5. The maximum atomic E-state index is 12.5. The predicted octanol–water partition coefficient (Wildman–Crippen LogP) is 4.50. The van der Waals surface area contributed by atoms with E-state index in [1.165, 1.54) is 16.0 Å². The molecule has 1 aliphatic carbocycles. The lowest BCUT2D eigenvalue weighted by atomic mass is 9.81. The van der Waals surface area contributed by atoms with Crippen LogP contribution in [0.15, 0.2) is 24.3 Å². The van der Waals surface area contributed by atoms with Gasteiger partial charge < -0.3 is 5.73 Å². The molecule has 1 aromatic heterocycles. The first-order valence-electron chi connectivity index (χ1n) is 7.05. The third kappa shape index (κ3) is 1.88. The molecular formula is C17H19NOS. The molecule has 1 atom stereocenters. The summed E-state index contributed by atoms with van der Waals surface area (Å²) in [6, 6.07) is 8.39. The summed E-state index contributed by atoms with van der Waals surface area (Å²) in [6.45, 7) is 6.11. The quantitative estimate of drug-likeness (QED) is 0.826. The van der Waals surface area contributed by atoms with Crippen molar-refractivity contribution in [3.05, 3.63) is 40.3 Å². The van der Waals surface area contributed by atoms with Crippen molar-refractivity contribution >= 4 is 22.1 Å². The minimum atomic E-state index is -0.0255. The molecule has 0 amide bonds. The van der Waals surface area contributed by atoms with Gasteiger partial charge in [0.2, 0.25) is 0 Å². The Bertz CT molecular complexity index is 684. The number of benzene rings is 1. The van der Waals surface area contributed by atoms with Crippen LogP contribution in [0.4, 0.5) is 5.00 Å². The Hall–Kier alpha value is -1.61. The molecule has 1 heterocycles. The van der Waals surface area contributed by atoms with E-state index in [-0.39, 0.29) is 11.7 Å². The molecule has 1 unspecified atom stereocenters. The van der Waals surface area contributed by atoms with Crippen LogP contribution < -0.4 is 5.73 Å². The fraction of sp³-hybridized carbons (Fsp3) is 0.353. The monoisotopic (exact) mass is 285 g/mol. The zero-order valence-electron chi connectivity index (χ0n) is 12.1. The van der Waals surface area contributed by atoms with E-state index in [1.54, 1.807) is 11.3 Å². The van der Waals surface area contributed by atoms with Gasteiger partial charge in [-0.1, -0.05) is 45.0 Å². The summed E-state index contributed by atoms with van der Waals surface area (Å²) in [4.78, 5) is 13.8. The average Bonchev–Trinajstić information content (AvgIpc) is 2.74. The molecule has 3 heteroatoms. The zero-order chi connectivity index (χ0) is 14.4. The van der Waals surface area contributed by atoms with Crippen molar-refractivity contribution in [3.63, 3.8) is 0 Å². The molecule has 104 valence electrons. The van der Waals surface area contributed by atoms with Crippen molar-refractivity contribution < 1.29 is 4.79 Å². The third-order valence-electron chi connectivity index (χ3n) is 4.03. The van der Waals surface area contributed by atoms with E-state index in [9.17, 15) is 4.79 Å². The summed E-state index contributed by atoms with van der Waals surface area (Å²) in [5, 5.41) is 0.678. The van der Waals surface area contributed by atoms with Gasteiger partial charge in [-0.3, -0.25) is 4.79 Å². The van der Waals surface area contributed by atoms with Gasteiger partial charge in [0, 0.05) is 16.4 Å². The summed E-state index contributed by atoms with van der Waals surface area (Å²) in [6.07, 6.45) is 0.979. The maximum Gasteiger partial charge on any atom is 0.168 e. The number of thiophene rings is 1. The predicted molar refractivity (Wildman–Crippen MR) is 85.5 cm³/mol. The molecule has 20 heavy (non-hydrogen) atoms. The van der Waals surface area contributed by atoms with Crippen molar-refractivity contribution in [2.45, 2.75) is 33.1 Å². The highest BCUT2D eigenvalue weighted by Gasteiger charge is 2.30. The number of fused-ring (bicyclic) bond motifs is 3. The minimum absolute atomic E-state index is 0.0255. The summed E-state index contributed by atoms with van der Waals surface area (Å²) in [5.74, 6) is 0.616. The second-order valence-electron chi connectivity index (χ2n) is 5.85. The number of anilines is 1. The van der Waals surface area contributed by atoms with Crippen LogP contribution in [0.3, 0.4) is 0 Å². The van der Waals surface area contributed by atoms with Gasteiger partial charge >= 0.3 is 0 Å². The van der Waals surface area contributed by atoms with Gasteiger partial charge in [-0.05, 0) is 23.5 Å². The number of ketones is 1. The molecule has 0 radical (unpaired) electrons. The Morgan fingerprint density at radius 3 is 2.75 bits per heavy atom. The highest BCUT2D eigenvalue weighted by molar-refractivity contribution is 7.17. The van der Waals surface area contributed by atoms with Gasteiger partial charge in [0.15, 0.2) is 5.78 Å². The molecule has 0 aliphatic heterocycles. The Balaban J connectivity index is 2.28. The van der Waals surface area contributed by atoms with Crippen molar-refractivity contribution in [2.75, 3.05) is 5.73 Å². The molecular weight excluding hydrogens is 266 g/mol. The van der Waals surface area contributed by atoms with Crippen LogP contribution in [0, 0.1) is 5.92 Å². The van der Waals surface area contributed by atoms with Crippen LogP contribution in [-0.4, -0.2) is 5.78 Å². The van der Waals surface area contributed by atoms with Gasteiger partial charge in [0.1, 0.15) is 0 Å². The molecule has 0 saturated carbocycles. The number of rotatable bonds is 2. The van der Waals surface area contributed by atoms with E-state index >= 15 is 0 Å². The topological polar surface area (TPSA) is 43.1 Å². The normalized spacial score (nSPS) is 16.9. The second-order valence-corrected chi connectivity index (χ2v) is 6.99. The molecule has 2 aromatic rings. The van der Waals surface area contributed by atoms with E-state index in [2.05, 4.69) is 25.1 Å².